The van der Waals surface area contributed by atoms with Gasteiger partial charge in [-0.1, -0.05) is 13.3 Å². The fraction of sp³-hybridized carbons (Fsp3) is 0.933. The maximum atomic E-state index is 9.21. The predicted molar refractivity (Wildman–Crippen MR) is 100 cm³/mol. The lowest BCUT2D eigenvalue weighted by molar-refractivity contribution is 0.127. The second kappa shape index (κ2) is 13.3. The van der Waals surface area contributed by atoms with Crippen LogP contribution in [0.25, 0.3) is 0 Å². The number of hydrogen-bond acceptors (Lipinski definition) is 4. The molecule has 0 aliphatic carbocycles. The van der Waals surface area contributed by atoms with Crippen LogP contribution in [0.3, 0.4) is 0 Å². The summed E-state index contributed by atoms with van der Waals surface area (Å²) in [4.78, 5) is 4.21. The zero-order chi connectivity index (χ0) is 15.4. The second-order valence-corrected chi connectivity index (χ2v) is 5.59. The number of hydrogen-bond donors (Lipinski definition) is 3. The highest BCUT2D eigenvalue weighted by Crippen LogP contribution is 2.31. The molecule has 0 aromatic carbocycles. The largest absolute Gasteiger partial charge is 0.396 e. The average Bonchev–Trinajstić information content (AvgIpc) is 2.95. The number of rotatable bonds is 10. The van der Waals surface area contributed by atoms with E-state index in [4.69, 9.17) is 9.47 Å². The van der Waals surface area contributed by atoms with Gasteiger partial charge in [0.05, 0.1) is 13.2 Å². The van der Waals surface area contributed by atoms with Crippen LogP contribution in [0.15, 0.2) is 4.99 Å². The molecule has 132 valence electrons. The van der Waals surface area contributed by atoms with Crippen LogP contribution in [0.4, 0.5) is 0 Å². The standard InChI is InChI=1S/C15H31N3O3.HI/c1-3-4-9-20-11-7-17-14(16-2)18-12-15(5-8-19)6-10-21-13-15;/h19H,3-13H2,1-2H3,(H2,16,17,18);1H. The van der Waals surface area contributed by atoms with E-state index in [1.54, 1.807) is 7.05 Å². The van der Waals surface area contributed by atoms with Crippen LogP contribution in [0.1, 0.15) is 32.6 Å². The molecule has 0 bridgehead atoms. The molecule has 1 aliphatic heterocycles. The molecule has 0 amide bonds. The van der Waals surface area contributed by atoms with Crippen LogP contribution < -0.4 is 10.6 Å². The van der Waals surface area contributed by atoms with Gasteiger partial charge in [-0.25, -0.2) is 0 Å². The lowest BCUT2D eigenvalue weighted by Crippen LogP contribution is -2.45. The first-order chi connectivity index (χ1) is 10.3. The lowest BCUT2D eigenvalue weighted by atomic mass is 9.84. The van der Waals surface area contributed by atoms with Crippen molar-refractivity contribution in [2.75, 3.05) is 53.2 Å². The molecule has 6 nitrogen and oxygen atoms in total. The number of nitrogens with one attached hydrogen (secondary N) is 2. The first-order valence-electron chi connectivity index (χ1n) is 7.97. The van der Waals surface area contributed by atoms with Gasteiger partial charge >= 0.3 is 0 Å². The van der Waals surface area contributed by atoms with Crippen LogP contribution in [-0.4, -0.2) is 64.2 Å². The highest BCUT2D eigenvalue weighted by molar-refractivity contribution is 14.0. The zero-order valence-electron chi connectivity index (χ0n) is 13.9. The smallest absolute Gasteiger partial charge is 0.191 e. The number of aliphatic hydroxyl groups is 1. The summed E-state index contributed by atoms with van der Waals surface area (Å²) < 4.78 is 11.0. The maximum absolute atomic E-state index is 9.21. The van der Waals surface area contributed by atoms with E-state index in [9.17, 15) is 5.11 Å². The van der Waals surface area contributed by atoms with Gasteiger partial charge in [-0.2, -0.15) is 0 Å². The molecule has 0 aromatic heterocycles. The minimum absolute atomic E-state index is 0. The Hall–Kier alpha value is -0.120. The van der Waals surface area contributed by atoms with E-state index in [2.05, 4.69) is 22.5 Å². The van der Waals surface area contributed by atoms with Crippen LogP contribution >= 0.6 is 24.0 Å². The fourth-order valence-corrected chi connectivity index (χ4v) is 2.39. The Morgan fingerprint density at radius 3 is 2.77 bits per heavy atom. The van der Waals surface area contributed by atoms with Crippen LogP contribution in [0.2, 0.25) is 0 Å². The minimum atomic E-state index is 0. The third kappa shape index (κ3) is 8.50. The van der Waals surface area contributed by atoms with Gasteiger partial charge in [0.15, 0.2) is 5.96 Å². The Balaban J connectivity index is 0.00000441. The monoisotopic (exact) mass is 429 g/mol. The molecule has 1 rings (SSSR count). The Kier molecular flexibility index (Phi) is 13.3. The van der Waals surface area contributed by atoms with Crippen molar-refractivity contribution < 1.29 is 14.6 Å². The Morgan fingerprint density at radius 1 is 1.36 bits per heavy atom. The summed E-state index contributed by atoms with van der Waals surface area (Å²) >= 11 is 0. The van der Waals surface area contributed by atoms with Gasteiger partial charge in [-0.15, -0.1) is 24.0 Å². The average molecular weight is 429 g/mol. The summed E-state index contributed by atoms with van der Waals surface area (Å²) in [5.41, 5.74) is 0.0317. The van der Waals surface area contributed by atoms with E-state index in [1.165, 1.54) is 0 Å². The van der Waals surface area contributed by atoms with Gasteiger partial charge in [0, 0.05) is 45.4 Å². The lowest BCUT2D eigenvalue weighted by Gasteiger charge is -2.27. The van der Waals surface area contributed by atoms with Crippen molar-refractivity contribution in [1.82, 2.24) is 10.6 Å². The Labute approximate surface area is 151 Å². The molecule has 1 atom stereocenters. The summed E-state index contributed by atoms with van der Waals surface area (Å²) in [6, 6.07) is 0. The highest BCUT2D eigenvalue weighted by Gasteiger charge is 2.34. The van der Waals surface area contributed by atoms with Crippen LogP contribution in [-0.2, 0) is 9.47 Å². The summed E-state index contributed by atoms with van der Waals surface area (Å²) in [7, 11) is 1.76. The molecule has 1 saturated heterocycles. The van der Waals surface area contributed by atoms with Gasteiger partial charge in [0.25, 0.3) is 0 Å². The van der Waals surface area contributed by atoms with Crippen molar-refractivity contribution in [3.63, 3.8) is 0 Å². The number of aliphatic imine (C=N–C) groups is 1. The zero-order valence-corrected chi connectivity index (χ0v) is 16.2. The Bertz CT molecular complexity index is 298. The van der Waals surface area contributed by atoms with Gasteiger partial charge in [-0.3, -0.25) is 4.99 Å². The molecule has 1 heterocycles. The third-order valence-electron chi connectivity index (χ3n) is 3.86. The van der Waals surface area contributed by atoms with Gasteiger partial charge in [-0.05, 0) is 19.3 Å². The van der Waals surface area contributed by atoms with Crippen molar-refractivity contribution in [2.45, 2.75) is 32.6 Å². The minimum Gasteiger partial charge on any atom is -0.396 e. The predicted octanol–water partition coefficient (Wildman–Crippen LogP) is 1.38. The summed E-state index contributed by atoms with van der Waals surface area (Å²) in [6.45, 7) is 6.85. The summed E-state index contributed by atoms with van der Waals surface area (Å²) in [5.74, 6) is 0.776. The van der Waals surface area contributed by atoms with Crippen LogP contribution in [0, 0.1) is 5.41 Å². The highest BCUT2D eigenvalue weighted by atomic mass is 127. The maximum Gasteiger partial charge on any atom is 0.191 e. The molecule has 3 N–H and O–H groups in total. The molecule has 7 heteroatoms. The fourth-order valence-electron chi connectivity index (χ4n) is 2.39. The van der Waals surface area contributed by atoms with E-state index in [0.29, 0.717) is 13.2 Å². The number of ether oxygens (including phenoxy) is 2. The van der Waals surface area contributed by atoms with E-state index < -0.39 is 0 Å². The number of aliphatic hydroxyl groups excluding tert-OH is 1. The summed E-state index contributed by atoms with van der Waals surface area (Å²) in [6.07, 6.45) is 4.01. The first kappa shape index (κ1) is 21.9. The van der Waals surface area contributed by atoms with E-state index in [1.807, 2.05) is 0 Å². The van der Waals surface area contributed by atoms with E-state index in [-0.39, 0.29) is 36.0 Å². The van der Waals surface area contributed by atoms with Crippen molar-refractivity contribution in [1.29, 1.82) is 0 Å². The van der Waals surface area contributed by atoms with Gasteiger partial charge < -0.3 is 25.2 Å². The first-order valence-corrected chi connectivity index (χ1v) is 7.97. The van der Waals surface area contributed by atoms with E-state index in [0.717, 1.165) is 57.9 Å². The van der Waals surface area contributed by atoms with Crippen molar-refractivity contribution in [2.24, 2.45) is 10.4 Å². The molecular formula is C15H32IN3O3. The SMILES string of the molecule is CCCCOCCNC(=NC)NCC1(CCO)CCOC1.I. The van der Waals surface area contributed by atoms with Crippen molar-refractivity contribution >= 4 is 29.9 Å². The molecule has 1 fully saturated rings. The van der Waals surface area contributed by atoms with Crippen molar-refractivity contribution in [3.05, 3.63) is 0 Å². The molecule has 22 heavy (non-hydrogen) atoms. The molecule has 1 unspecified atom stereocenters. The molecule has 1 aliphatic rings. The van der Waals surface area contributed by atoms with E-state index >= 15 is 0 Å². The van der Waals surface area contributed by atoms with Crippen molar-refractivity contribution in [3.8, 4) is 0 Å². The topological polar surface area (TPSA) is 75.1 Å². The molecule has 0 aromatic rings. The second-order valence-electron chi connectivity index (χ2n) is 5.59. The van der Waals surface area contributed by atoms with Crippen LogP contribution in [0.5, 0.6) is 0 Å². The normalized spacial score (nSPS) is 21.5. The third-order valence-corrected chi connectivity index (χ3v) is 3.86. The molecule has 0 radical (unpaired) electrons. The molecule has 0 spiro atoms. The number of halogens is 1. The quantitative estimate of drug-likeness (QED) is 0.212. The Morgan fingerprint density at radius 2 is 2.18 bits per heavy atom. The molecule has 0 saturated carbocycles. The number of nitrogens with zero attached hydrogens (tertiary/aromatic N) is 1. The van der Waals surface area contributed by atoms with Gasteiger partial charge in [0.1, 0.15) is 0 Å². The number of unbranched alkanes of at least 4 members (excludes halogenated alkanes) is 1. The summed E-state index contributed by atoms with van der Waals surface area (Å²) in [5, 5.41) is 15.8. The van der Waals surface area contributed by atoms with Gasteiger partial charge in [0.2, 0.25) is 0 Å². The number of guanidine groups is 1. The molecular weight excluding hydrogens is 397 g/mol.